The van der Waals surface area contributed by atoms with E-state index in [0.29, 0.717) is 0 Å². The highest BCUT2D eigenvalue weighted by molar-refractivity contribution is 4.99. The molecule has 0 fully saturated rings. The van der Waals surface area contributed by atoms with Crippen LogP contribution in [0.25, 0.3) is 0 Å². The van der Waals surface area contributed by atoms with Crippen molar-refractivity contribution < 1.29 is 0 Å². The molecule has 0 aromatic rings. The fourth-order valence-electron chi connectivity index (χ4n) is 1.40. The van der Waals surface area contributed by atoms with Gasteiger partial charge in [-0.25, -0.2) is 0 Å². The van der Waals surface area contributed by atoms with E-state index in [1.165, 1.54) is 44.9 Å². The van der Waals surface area contributed by atoms with Gasteiger partial charge in [-0.05, 0) is 32.1 Å². The van der Waals surface area contributed by atoms with E-state index in [1.54, 1.807) is 5.57 Å². The maximum atomic E-state index is 2.32. The fraction of sp³-hybridized carbons (Fsp3) is 0.750. The van der Waals surface area contributed by atoms with E-state index in [-0.39, 0.29) is 0 Å². The highest BCUT2D eigenvalue weighted by Gasteiger charge is 1.84. The average molecular weight is 224 g/mol. The first kappa shape index (κ1) is 17.9. The van der Waals surface area contributed by atoms with Crippen LogP contribution in [0.1, 0.15) is 79.6 Å². The first-order chi connectivity index (χ1) is 7.76. The lowest BCUT2D eigenvalue weighted by atomic mass is 10.1. The van der Waals surface area contributed by atoms with E-state index in [1.807, 2.05) is 0 Å². The van der Waals surface area contributed by atoms with Gasteiger partial charge in [0.15, 0.2) is 0 Å². The van der Waals surface area contributed by atoms with Crippen LogP contribution in [0.15, 0.2) is 23.8 Å². The van der Waals surface area contributed by atoms with E-state index in [0.717, 1.165) is 0 Å². The summed E-state index contributed by atoms with van der Waals surface area (Å²) in [5.74, 6) is 0. The zero-order valence-corrected chi connectivity index (χ0v) is 12.2. The van der Waals surface area contributed by atoms with Crippen molar-refractivity contribution in [1.29, 1.82) is 0 Å². The molecule has 0 aliphatic carbocycles. The number of rotatable bonds is 7. The highest BCUT2D eigenvalue weighted by atomic mass is 13.9. The molecule has 0 N–H and O–H groups in total. The lowest BCUT2D eigenvalue weighted by Gasteiger charge is -1.95. The van der Waals surface area contributed by atoms with Crippen LogP contribution in [0.5, 0.6) is 0 Å². The zero-order valence-electron chi connectivity index (χ0n) is 12.2. The third-order valence-corrected chi connectivity index (χ3v) is 2.48. The van der Waals surface area contributed by atoms with Gasteiger partial charge in [-0.15, -0.1) is 0 Å². The molecule has 0 spiro atoms. The van der Waals surface area contributed by atoms with E-state index < -0.39 is 0 Å². The Morgan fingerprint density at radius 2 is 1.19 bits per heavy atom. The molecule has 0 atom stereocenters. The summed E-state index contributed by atoms with van der Waals surface area (Å²) in [6, 6.07) is 0. The molecule has 0 aromatic carbocycles. The third-order valence-electron chi connectivity index (χ3n) is 2.48. The molecule has 0 aliphatic rings. The Labute approximate surface area is 104 Å². The summed E-state index contributed by atoms with van der Waals surface area (Å²) in [5.41, 5.74) is 1.59. The SMILES string of the molecule is CCC/C=C/CCC.CCC=C(CC)CC. The quantitative estimate of drug-likeness (QED) is 0.446. The minimum absolute atomic E-state index is 1.19. The summed E-state index contributed by atoms with van der Waals surface area (Å²) in [7, 11) is 0. The lowest BCUT2D eigenvalue weighted by molar-refractivity contribution is 0.921. The smallest absolute Gasteiger partial charge is 0.0349 e. The van der Waals surface area contributed by atoms with Gasteiger partial charge in [0.2, 0.25) is 0 Å². The molecule has 0 heterocycles. The largest absolute Gasteiger partial charge is 0.0885 e. The molecule has 0 unspecified atom stereocenters. The van der Waals surface area contributed by atoms with Gasteiger partial charge >= 0.3 is 0 Å². The van der Waals surface area contributed by atoms with Gasteiger partial charge in [-0.3, -0.25) is 0 Å². The Bertz CT molecular complexity index is 149. The summed E-state index contributed by atoms with van der Waals surface area (Å²) < 4.78 is 0. The first-order valence-electron chi connectivity index (χ1n) is 7.09. The molecular weight excluding hydrogens is 192 g/mol. The molecule has 0 bridgehead atoms. The predicted molar refractivity (Wildman–Crippen MR) is 77.9 cm³/mol. The number of allylic oxidation sites excluding steroid dienone is 4. The van der Waals surface area contributed by atoms with Gasteiger partial charge < -0.3 is 0 Å². The lowest BCUT2D eigenvalue weighted by Crippen LogP contribution is -1.74. The summed E-state index contributed by atoms with van der Waals surface area (Å²) >= 11 is 0. The molecule has 0 rings (SSSR count). The van der Waals surface area contributed by atoms with Crippen molar-refractivity contribution >= 4 is 0 Å². The minimum atomic E-state index is 1.19. The summed E-state index contributed by atoms with van der Waals surface area (Å²) in [6.07, 6.45) is 15.6. The van der Waals surface area contributed by atoms with Crippen molar-refractivity contribution in [2.45, 2.75) is 79.6 Å². The van der Waals surface area contributed by atoms with Gasteiger partial charge in [-0.2, -0.15) is 0 Å². The second-order valence-corrected chi connectivity index (χ2v) is 4.03. The standard InChI is InChI=1S/2C8H16/c1-4-7-8(5-2)6-3;1-3-5-7-8-6-4-2/h7H,4-6H2,1-3H3;7-8H,3-6H2,1-2H3/b;8-7+. The number of hydrogen-bond donors (Lipinski definition) is 0. The van der Waals surface area contributed by atoms with Crippen LogP contribution in [-0.2, 0) is 0 Å². The van der Waals surface area contributed by atoms with E-state index >= 15 is 0 Å². The minimum Gasteiger partial charge on any atom is -0.0885 e. The number of hydrogen-bond acceptors (Lipinski definition) is 0. The van der Waals surface area contributed by atoms with Crippen LogP contribution < -0.4 is 0 Å². The monoisotopic (exact) mass is 224 g/mol. The molecule has 0 heteroatoms. The van der Waals surface area contributed by atoms with Gasteiger partial charge in [0.1, 0.15) is 0 Å². The number of unbranched alkanes of at least 4 members (excludes halogenated alkanes) is 2. The second kappa shape index (κ2) is 16.9. The Hall–Kier alpha value is -0.520. The molecule has 0 saturated heterocycles. The highest BCUT2D eigenvalue weighted by Crippen LogP contribution is 2.05. The molecule has 96 valence electrons. The van der Waals surface area contributed by atoms with E-state index in [4.69, 9.17) is 0 Å². The van der Waals surface area contributed by atoms with Gasteiger partial charge in [0.25, 0.3) is 0 Å². The zero-order chi connectivity index (χ0) is 12.6. The molecule has 0 aliphatic heterocycles. The molecule has 0 aromatic heterocycles. The maximum Gasteiger partial charge on any atom is -0.0349 e. The average Bonchev–Trinajstić information content (AvgIpc) is 2.32. The van der Waals surface area contributed by atoms with Gasteiger partial charge in [0.05, 0.1) is 0 Å². The Balaban J connectivity index is 0. The normalized spacial score (nSPS) is 9.81. The molecule has 0 amide bonds. The van der Waals surface area contributed by atoms with Gasteiger partial charge in [-0.1, -0.05) is 71.3 Å². The molecule has 0 saturated carbocycles. The maximum absolute atomic E-state index is 2.32. The van der Waals surface area contributed by atoms with Crippen LogP contribution in [0.3, 0.4) is 0 Å². The van der Waals surface area contributed by atoms with Crippen molar-refractivity contribution in [2.75, 3.05) is 0 Å². The predicted octanol–water partition coefficient (Wildman–Crippen LogP) is 6.29. The van der Waals surface area contributed by atoms with Crippen LogP contribution in [-0.4, -0.2) is 0 Å². The summed E-state index contributed by atoms with van der Waals surface area (Å²) in [6.45, 7) is 11.0. The molecule has 0 radical (unpaired) electrons. The second-order valence-electron chi connectivity index (χ2n) is 4.03. The fourth-order valence-corrected chi connectivity index (χ4v) is 1.40. The van der Waals surface area contributed by atoms with E-state index in [9.17, 15) is 0 Å². The Kier molecular flexibility index (Phi) is 18.9. The third kappa shape index (κ3) is 15.9. The van der Waals surface area contributed by atoms with Crippen molar-refractivity contribution in [1.82, 2.24) is 0 Å². The van der Waals surface area contributed by atoms with Crippen molar-refractivity contribution in [2.24, 2.45) is 0 Å². The Morgan fingerprint density at radius 1 is 0.750 bits per heavy atom. The summed E-state index contributed by atoms with van der Waals surface area (Å²) in [5, 5.41) is 0. The van der Waals surface area contributed by atoms with Crippen molar-refractivity contribution in [3.8, 4) is 0 Å². The summed E-state index contributed by atoms with van der Waals surface area (Å²) in [4.78, 5) is 0. The van der Waals surface area contributed by atoms with Crippen LogP contribution >= 0.6 is 0 Å². The van der Waals surface area contributed by atoms with Gasteiger partial charge in [0, 0.05) is 0 Å². The van der Waals surface area contributed by atoms with Crippen LogP contribution in [0.2, 0.25) is 0 Å². The molecule has 16 heavy (non-hydrogen) atoms. The Morgan fingerprint density at radius 3 is 1.38 bits per heavy atom. The van der Waals surface area contributed by atoms with Crippen molar-refractivity contribution in [3.05, 3.63) is 23.8 Å². The first-order valence-corrected chi connectivity index (χ1v) is 7.09. The molecular formula is C16H32. The van der Waals surface area contributed by atoms with E-state index in [2.05, 4.69) is 52.8 Å². The molecule has 0 nitrogen and oxygen atoms in total. The van der Waals surface area contributed by atoms with Crippen LogP contribution in [0, 0.1) is 0 Å². The topological polar surface area (TPSA) is 0 Å². The van der Waals surface area contributed by atoms with Crippen LogP contribution in [0.4, 0.5) is 0 Å². The van der Waals surface area contributed by atoms with Crippen molar-refractivity contribution in [3.63, 3.8) is 0 Å².